The molecule has 2 aromatic rings. The summed E-state index contributed by atoms with van der Waals surface area (Å²) in [6.07, 6.45) is 8.39. The molecule has 7 N–H and O–H groups in total. The van der Waals surface area contributed by atoms with Gasteiger partial charge in [-0.15, -0.1) is 0 Å². The summed E-state index contributed by atoms with van der Waals surface area (Å²) in [6.45, 7) is 0. The van der Waals surface area contributed by atoms with Gasteiger partial charge in [-0.05, 0) is 54.3 Å². The fourth-order valence-corrected chi connectivity index (χ4v) is 4.22. The molecule has 0 bridgehead atoms. The summed E-state index contributed by atoms with van der Waals surface area (Å²) in [5.41, 5.74) is 13.5. The predicted octanol–water partition coefficient (Wildman–Crippen LogP) is 2.14. The zero-order chi connectivity index (χ0) is 22.6. The first-order valence-corrected chi connectivity index (χ1v) is 11.5. The van der Waals surface area contributed by atoms with Crippen LogP contribution in [0.1, 0.15) is 48.0 Å². The standard InChI is InChI=1S/C22H26N4O4S/c23-21-18(15-7-9-17(10-8-15)31(25,29)30)12-14(13-19(21)22(24)28)6-11-20(27)26-16-4-2-1-3-5-16/h6-13,16H,1-5,23H2,(H2,24,28)(H,26,27)(H2,25,29,30). The normalized spacial score (nSPS) is 15.1. The number of benzene rings is 2. The average Bonchev–Trinajstić information content (AvgIpc) is 2.73. The summed E-state index contributed by atoms with van der Waals surface area (Å²) >= 11 is 0. The van der Waals surface area contributed by atoms with E-state index in [0.29, 0.717) is 16.7 Å². The van der Waals surface area contributed by atoms with Crippen LogP contribution in [0.3, 0.4) is 0 Å². The Balaban J connectivity index is 1.90. The molecule has 8 nitrogen and oxygen atoms in total. The van der Waals surface area contributed by atoms with Gasteiger partial charge in [0.25, 0.3) is 5.91 Å². The molecule has 1 aliphatic rings. The largest absolute Gasteiger partial charge is 0.398 e. The van der Waals surface area contributed by atoms with E-state index in [2.05, 4.69) is 5.32 Å². The van der Waals surface area contributed by atoms with Crippen LogP contribution in [0.4, 0.5) is 5.69 Å². The number of hydrogen-bond acceptors (Lipinski definition) is 5. The highest BCUT2D eigenvalue weighted by atomic mass is 32.2. The highest BCUT2D eigenvalue weighted by Crippen LogP contribution is 2.31. The first kappa shape index (κ1) is 22.5. The SMILES string of the molecule is NC(=O)c1cc(C=CC(=O)NC2CCCCC2)cc(-c2ccc(S(N)(=O)=O)cc2)c1N. The van der Waals surface area contributed by atoms with Gasteiger partial charge < -0.3 is 16.8 Å². The topological polar surface area (TPSA) is 158 Å². The fourth-order valence-electron chi connectivity index (χ4n) is 3.71. The molecule has 164 valence electrons. The van der Waals surface area contributed by atoms with Crippen molar-refractivity contribution < 1.29 is 18.0 Å². The van der Waals surface area contributed by atoms with E-state index in [-0.39, 0.29) is 28.1 Å². The molecule has 2 aromatic carbocycles. The van der Waals surface area contributed by atoms with Gasteiger partial charge in [-0.1, -0.05) is 31.4 Å². The zero-order valence-corrected chi connectivity index (χ0v) is 17.8. The molecule has 0 atom stereocenters. The summed E-state index contributed by atoms with van der Waals surface area (Å²) in [5.74, 6) is -0.912. The summed E-state index contributed by atoms with van der Waals surface area (Å²) in [5, 5.41) is 8.13. The lowest BCUT2D eigenvalue weighted by Crippen LogP contribution is -2.34. The fraction of sp³-hybridized carbons (Fsp3) is 0.273. The van der Waals surface area contributed by atoms with Gasteiger partial charge in [-0.2, -0.15) is 0 Å². The van der Waals surface area contributed by atoms with Gasteiger partial charge in [-0.3, -0.25) is 9.59 Å². The molecule has 0 aliphatic heterocycles. The third kappa shape index (κ3) is 5.71. The summed E-state index contributed by atoms with van der Waals surface area (Å²) in [7, 11) is -3.83. The molecule has 9 heteroatoms. The van der Waals surface area contributed by atoms with E-state index in [4.69, 9.17) is 16.6 Å². The van der Waals surface area contributed by atoms with Crippen LogP contribution >= 0.6 is 0 Å². The van der Waals surface area contributed by atoms with Gasteiger partial charge in [0.15, 0.2) is 0 Å². The van der Waals surface area contributed by atoms with Gasteiger partial charge in [0.2, 0.25) is 15.9 Å². The minimum absolute atomic E-state index is 0.0413. The maximum atomic E-state index is 12.3. The molecule has 1 aliphatic carbocycles. The van der Waals surface area contributed by atoms with Gasteiger partial charge in [0.05, 0.1) is 16.1 Å². The van der Waals surface area contributed by atoms with Crippen LogP contribution < -0.4 is 21.9 Å². The monoisotopic (exact) mass is 442 g/mol. The summed E-state index contributed by atoms with van der Waals surface area (Å²) < 4.78 is 23.0. The molecule has 1 fully saturated rings. The van der Waals surface area contributed by atoms with Crippen LogP contribution in [-0.2, 0) is 14.8 Å². The molecule has 0 radical (unpaired) electrons. The van der Waals surface area contributed by atoms with Crippen LogP contribution in [0.5, 0.6) is 0 Å². The van der Waals surface area contributed by atoms with Crippen LogP contribution in [-0.4, -0.2) is 26.3 Å². The van der Waals surface area contributed by atoms with Gasteiger partial charge in [0, 0.05) is 17.7 Å². The number of carbonyl (C=O) groups excluding carboxylic acids is 2. The Bertz CT molecular complexity index is 1120. The van der Waals surface area contributed by atoms with Gasteiger partial charge in [0.1, 0.15) is 0 Å². The van der Waals surface area contributed by atoms with Crippen molar-refractivity contribution in [3.8, 4) is 11.1 Å². The maximum absolute atomic E-state index is 12.3. The van der Waals surface area contributed by atoms with Crippen LogP contribution in [0.25, 0.3) is 17.2 Å². The molecule has 2 amide bonds. The smallest absolute Gasteiger partial charge is 0.250 e. The van der Waals surface area contributed by atoms with Crippen LogP contribution in [0.2, 0.25) is 0 Å². The Kier molecular flexibility index (Phi) is 6.77. The molecule has 0 aromatic heterocycles. The third-order valence-corrected chi connectivity index (χ3v) is 6.27. The lowest BCUT2D eigenvalue weighted by molar-refractivity contribution is -0.117. The minimum atomic E-state index is -3.83. The number of carbonyl (C=O) groups is 2. The Hall–Kier alpha value is -3.17. The van der Waals surface area contributed by atoms with Crippen molar-refractivity contribution in [1.29, 1.82) is 0 Å². The summed E-state index contributed by atoms with van der Waals surface area (Å²) in [6, 6.07) is 9.20. The molecule has 1 saturated carbocycles. The maximum Gasteiger partial charge on any atom is 0.250 e. The third-order valence-electron chi connectivity index (χ3n) is 5.34. The number of rotatable bonds is 6. The van der Waals surface area contributed by atoms with Crippen molar-refractivity contribution in [1.82, 2.24) is 5.32 Å². The Morgan fingerprint density at radius 3 is 2.26 bits per heavy atom. The number of anilines is 1. The molecule has 0 unspecified atom stereocenters. The Morgan fingerprint density at radius 1 is 1.03 bits per heavy atom. The van der Waals surface area contributed by atoms with Crippen LogP contribution in [0.15, 0.2) is 47.4 Å². The number of sulfonamides is 1. The average molecular weight is 443 g/mol. The molecule has 31 heavy (non-hydrogen) atoms. The number of nitrogens with one attached hydrogen (secondary N) is 1. The number of nitrogens with two attached hydrogens (primary N) is 3. The van der Waals surface area contributed by atoms with Crippen molar-refractivity contribution in [3.05, 3.63) is 53.6 Å². The predicted molar refractivity (Wildman–Crippen MR) is 120 cm³/mol. The number of amides is 2. The minimum Gasteiger partial charge on any atom is -0.398 e. The highest BCUT2D eigenvalue weighted by molar-refractivity contribution is 7.89. The lowest BCUT2D eigenvalue weighted by Gasteiger charge is -2.21. The lowest BCUT2D eigenvalue weighted by atomic mass is 9.95. The molecule has 0 heterocycles. The van der Waals surface area contributed by atoms with Crippen molar-refractivity contribution in [3.63, 3.8) is 0 Å². The molecule has 0 saturated heterocycles. The number of hydrogen-bond donors (Lipinski definition) is 4. The number of primary sulfonamides is 1. The summed E-state index contributed by atoms with van der Waals surface area (Å²) in [4.78, 5) is 24.1. The highest BCUT2D eigenvalue weighted by Gasteiger charge is 2.16. The molecule has 0 spiro atoms. The van der Waals surface area contributed by atoms with Crippen molar-refractivity contribution in [2.75, 3.05) is 5.73 Å². The van der Waals surface area contributed by atoms with E-state index in [1.54, 1.807) is 24.3 Å². The second-order valence-corrected chi connectivity index (χ2v) is 9.20. The van der Waals surface area contributed by atoms with E-state index in [1.807, 2.05) is 0 Å². The van der Waals surface area contributed by atoms with E-state index in [1.165, 1.54) is 30.7 Å². The number of nitrogen functional groups attached to an aromatic ring is 1. The van der Waals surface area contributed by atoms with Crippen molar-refractivity contribution >= 4 is 33.6 Å². The second-order valence-electron chi connectivity index (χ2n) is 7.64. The van der Waals surface area contributed by atoms with Crippen molar-refractivity contribution in [2.45, 2.75) is 43.0 Å². The first-order chi connectivity index (χ1) is 14.6. The van der Waals surface area contributed by atoms with E-state index >= 15 is 0 Å². The van der Waals surface area contributed by atoms with E-state index in [0.717, 1.165) is 25.7 Å². The molecule has 3 rings (SSSR count). The second kappa shape index (κ2) is 9.32. The van der Waals surface area contributed by atoms with E-state index in [9.17, 15) is 18.0 Å². The first-order valence-electron chi connectivity index (χ1n) is 10.0. The zero-order valence-electron chi connectivity index (χ0n) is 17.0. The molecular weight excluding hydrogens is 416 g/mol. The Morgan fingerprint density at radius 2 is 1.68 bits per heavy atom. The van der Waals surface area contributed by atoms with Gasteiger partial charge >= 0.3 is 0 Å². The van der Waals surface area contributed by atoms with Gasteiger partial charge in [-0.25, -0.2) is 13.6 Å². The quantitative estimate of drug-likeness (QED) is 0.398. The van der Waals surface area contributed by atoms with E-state index < -0.39 is 15.9 Å². The van der Waals surface area contributed by atoms with Crippen molar-refractivity contribution in [2.24, 2.45) is 10.9 Å². The Labute approximate surface area is 181 Å². The molecular formula is C22H26N4O4S. The number of primary amides is 1. The van der Waals surface area contributed by atoms with Crippen LogP contribution in [0, 0.1) is 0 Å².